The Morgan fingerprint density at radius 3 is 2.54 bits per heavy atom. The van der Waals surface area contributed by atoms with E-state index >= 15 is 0 Å². The standard InChI is InChI=1S/C18H31N2O7P/c1-5-11(3)28(25,26)27-18(4,6-2)10-12-9-13(16(23)15(12)22)20-8-7-14(21)19-17(20)24/h7-8,11-13,15-16,22-23H,5-6,9-10H2,1-4H3,(H,25,26)(H,19,21,24)/t11?,12-,13+,15-,16+,18?/m1/s1. The van der Waals surface area contributed by atoms with Crippen LogP contribution < -0.4 is 11.2 Å². The zero-order chi connectivity index (χ0) is 21.3. The second-order valence-electron chi connectivity index (χ2n) is 7.98. The highest BCUT2D eigenvalue weighted by Gasteiger charge is 2.47. The summed E-state index contributed by atoms with van der Waals surface area (Å²) < 4.78 is 19.4. The van der Waals surface area contributed by atoms with Crippen molar-refractivity contribution in [2.45, 2.75) is 82.9 Å². The van der Waals surface area contributed by atoms with E-state index in [0.29, 0.717) is 12.8 Å². The minimum Gasteiger partial charge on any atom is -0.390 e. The quantitative estimate of drug-likeness (QED) is 0.467. The molecule has 2 rings (SSSR count). The van der Waals surface area contributed by atoms with Gasteiger partial charge in [-0.25, -0.2) is 4.79 Å². The molecule has 7 atom stereocenters. The molecule has 1 aromatic heterocycles. The third-order valence-corrected chi connectivity index (χ3v) is 8.10. The minimum atomic E-state index is -3.84. The number of nitrogens with one attached hydrogen (secondary N) is 1. The first-order chi connectivity index (χ1) is 12.9. The number of nitrogens with zero attached hydrogens (tertiary/aromatic N) is 1. The summed E-state index contributed by atoms with van der Waals surface area (Å²) in [6.45, 7) is 7.02. The van der Waals surface area contributed by atoms with Crippen LogP contribution in [0.1, 0.15) is 59.4 Å². The average Bonchev–Trinajstić information content (AvgIpc) is 2.88. The van der Waals surface area contributed by atoms with Crippen molar-refractivity contribution in [2.24, 2.45) is 5.92 Å². The Morgan fingerprint density at radius 2 is 2.00 bits per heavy atom. The van der Waals surface area contributed by atoms with Gasteiger partial charge in [0.05, 0.1) is 23.4 Å². The van der Waals surface area contributed by atoms with Crippen molar-refractivity contribution < 1.29 is 24.2 Å². The van der Waals surface area contributed by atoms with Crippen LogP contribution >= 0.6 is 7.60 Å². The van der Waals surface area contributed by atoms with Crippen LogP contribution in [0.2, 0.25) is 0 Å². The topological polar surface area (TPSA) is 142 Å². The maximum absolute atomic E-state index is 12.5. The molecule has 4 N–H and O–H groups in total. The molecular weight excluding hydrogens is 387 g/mol. The number of aliphatic hydroxyl groups is 2. The molecule has 1 aliphatic rings. The first kappa shape index (κ1) is 23.0. The maximum atomic E-state index is 12.5. The third kappa shape index (κ3) is 4.83. The normalized spacial score (nSPS) is 30.5. The van der Waals surface area contributed by atoms with E-state index < -0.39 is 54.3 Å². The molecule has 1 heterocycles. The predicted molar refractivity (Wildman–Crippen MR) is 104 cm³/mol. The second-order valence-corrected chi connectivity index (χ2v) is 10.2. The van der Waals surface area contributed by atoms with Gasteiger partial charge in [-0.2, -0.15) is 0 Å². The van der Waals surface area contributed by atoms with Crippen molar-refractivity contribution in [1.29, 1.82) is 0 Å². The Labute approximate surface area is 163 Å². The van der Waals surface area contributed by atoms with Gasteiger partial charge in [0.2, 0.25) is 0 Å². The summed E-state index contributed by atoms with van der Waals surface area (Å²) in [6, 6.07) is 0.474. The lowest BCUT2D eigenvalue weighted by molar-refractivity contribution is -0.0198. The molecule has 0 amide bonds. The maximum Gasteiger partial charge on any atom is 0.331 e. The van der Waals surface area contributed by atoms with E-state index in [1.165, 1.54) is 16.8 Å². The van der Waals surface area contributed by atoms with E-state index in [1.54, 1.807) is 13.8 Å². The van der Waals surface area contributed by atoms with Crippen molar-refractivity contribution in [3.63, 3.8) is 0 Å². The van der Waals surface area contributed by atoms with E-state index in [-0.39, 0.29) is 12.8 Å². The molecular formula is C18H31N2O7P. The van der Waals surface area contributed by atoms with Gasteiger partial charge < -0.3 is 19.6 Å². The molecule has 0 aliphatic heterocycles. The van der Waals surface area contributed by atoms with Gasteiger partial charge in [0.1, 0.15) is 6.10 Å². The Kier molecular flexibility index (Phi) is 7.10. The van der Waals surface area contributed by atoms with Gasteiger partial charge >= 0.3 is 13.3 Å². The van der Waals surface area contributed by atoms with Gasteiger partial charge in [-0.15, -0.1) is 0 Å². The van der Waals surface area contributed by atoms with Gasteiger partial charge in [-0.3, -0.25) is 18.9 Å². The number of hydrogen-bond donors (Lipinski definition) is 4. The predicted octanol–water partition coefficient (Wildman–Crippen LogP) is 1.38. The van der Waals surface area contributed by atoms with Crippen LogP contribution in [0.15, 0.2) is 21.9 Å². The van der Waals surface area contributed by atoms with Crippen molar-refractivity contribution in [2.75, 3.05) is 0 Å². The number of H-pyrrole nitrogens is 1. The van der Waals surface area contributed by atoms with E-state index in [2.05, 4.69) is 4.98 Å². The zero-order valence-electron chi connectivity index (χ0n) is 16.7. The summed E-state index contributed by atoms with van der Waals surface area (Å²) in [5.74, 6) is -0.444. The lowest BCUT2D eigenvalue weighted by atomic mass is 9.87. The molecule has 9 nitrogen and oxygen atoms in total. The van der Waals surface area contributed by atoms with Crippen molar-refractivity contribution in [3.8, 4) is 0 Å². The van der Waals surface area contributed by atoms with Crippen LogP contribution in [-0.4, -0.2) is 48.1 Å². The van der Waals surface area contributed by atoms with Crippen molar-refractivity contribution in [3.05, 3.63) is 33.1 Å². The molecule has 1 fully saturated rings. The Hall–Kier alpha value is -1.25. The fourth-order valence-electron chi connectivity index (χ4n) is 3.70. The summed E-state index contributed by atoms with van der Waals surface area (Å²) in [7, 11) is -3.84. The molecule has 0 radical (unpaired) electrons. The van der Waals surface area contributed by atoms with E-state index in [9.17, 15) is 29.3 Å². The SMILES string of the molecule is CCC(C)P(=O)(O)OC(C)(CC)C[C@H]1C[C@H](n2ccc(=O)[nH]c2=O)[C@H](O)[C@@H]1O. The fourth-order valence-corrected chi connectivity index (χ4v) is 5.18. The highest BCUT2D eigenvalue weighted by Crippen LogP contribution is 2.54. The summed E-state index contributed by atoms with van der Waals surface area (Å²) >= 11 is 0. The van der Waals surface area contributed by atoms with Gasteiger partial charge in [0.25, 0.3) is 5.56 Å². The number of rotatable bonds is 8. The van der Waals surface area contributed by atoms with E-state index in [4.69, 9.17) is 4.52 Å². The summed E-state index contributed by atoms with van der Waals surface area (Å²) in [5, 5.41) is 21.0. The first-order valence-electron chi connectivity index (χ1n) is 9.65. The highest BCUT2D eigenvalue weighted by molar-refractivity contribution is 7.53. The molecule has 1 aromatic rings. The summed E-state index contributed by atoms with van der Waals surface area (Å²) in [4.78, 5) is 35.7. The smallest absolute Gasteiger partial charge is 0.331 e. The number of aromatic amines is 1. The van der Waals surface area contributed by atoms with Gasteiger partial charge in [-0.05, 0) is 38.5 Å². The number of hydrogen-bond acceptors (Lipinski definition) is 6. The first-order valence-corrected chi connectivity index (χ1v) is 11.3. The molecule has 1 aliphatic carbocycles. The van der Waals surface area contributed by atoms with E-state index in [1.807, 2.05) is 13.8 Å². The van der Waals surface area contributed by atoms with Gasteiger partial charge in [-0.1, -0.05) is 20.8 Å². The van der Waals surface area contributed by atoms with E-state index in [0.717, 1.165) is 0 Å². The number of aromatic nitrogens is 2. The van der Waals surface area contributed by atoms with Crippen LogP contribution in [0.25, 0.3) is 0 Å². The fraction of sp³-hybridized carbons (Fsp3) is 0.778. The monoisotopic (exact) mass is 418 g/mol. The van der Waals surface area contributed by atoms with Crippen LogP contribution in [0.4, 0.5) is 0 Å². The summed E-state index contributed by atoms with van der Waals surface area (Å²) in [5.41, 5.74) is -2.67. The lowest BCUT2D eigenvalue weighted by Crippen LogP contribution is -2.37. The largest absolute Gasteiger partial charge is 0.390 e. The third-order valence-electron chi connectivity index (χ3n) is 5.92. The molecule has 160 valence electrons. The summed E-state index contributed by atoms with van der Waals surface area (Å²) in [6.07, 6.45) is 0.422. The average molecular weight is 418 g/mol. The second kappa shape index (κ2) is 8.63. The molecule has 10 heteroatoms. The van der Waals surface area contributed by atoms with Crippen LogP contribution in [0.3, 0.4) is 0 Å². The Balaban J connectivity index is 2.21. The molecule has 0 spiro atoms. The Bertz CT molecular complexity index is 838. The molecule has 0 aromatic carbocycles. The van der Waals surface area contributed by atoms with Crippen LogP contribution in [0, 0.1) is 5.92 Å². The lowest BCUT2D eigenvalue weighted by Gasteiger charge is -2.35. The number of aliphatic hydroxyl groups excluding tert-OH is 2. The van der Waals surface area contributed by atoms with Crippen molar-refractivity contribution in [1.82, 2.24) is 9.55 Å². The highest BCUT2D eigenvalue weighted by atomic mass is 31.2. The van der Waals surface area contributed by atoms with Crippen molar-refractivity contribution >= 4 is 7.60 Å². The molecule has 0 saturated heterocycles. The molecule has 1 saturated carbocycles. The van der Waals surface area contributed by atoms with Gasteiger partial charge in [0.15, 0.2) is 0 Å². The minimum absolute atomic E-state index is 0.247. The van der Waals surface area contributed by atoms with Gasteiger partial charge in [0, 0.05) is 12.3 Å². The molecule has 3 unspecified atom stereocenters. The van der Waals surface area contributed by atoms with Crippen LogP contribution in [0.5, 0.6) is 0 Å². The molecule has 0 bridgehead atoms. The van der Waals surface area contributed by atoms with Crippen LogP contribution in [-0.2, 0) is 9.09 Å². The zero-order valence-corrected chi connectivity index (χ0v) is 17.6. The molecule has 28 heavy (non-hydrogen) atoms. The Morgan fingerprint density at radius 1 is 1.36 bits per heavy atom.